The summed E-state index contributed by atoms with van der Waals surface area (Å²) in [6.07, 6.45) is 8.57. The van der Waals surface area contributed by atoms with E-state index in [0.29, 0.717) is 11.6 Å². The van der Waals surface area contributed by atoms with Crippen LogP contribution in [0.15, 0.2) is 35.2 Å². The summed E-state index contributed by atoms with van der Waals surface area (Å²) in [5.74, 6) is -0.0372. The third-order valence-electron chi connectivity index (χ3n) is 4.57. The van der Waals surface area contributed by atoms with E-state index in [9.17, 15) is 4.39 Å². The van der Waals surface area contributed by atoms with Gasteiger partial charge in [0.2, 0.25) is 5.95 Å². The summed E-state index contributed by atoms with van der Waals surface area (Å²) in [7, 11) is 0. The van der Waals surface area contributed by atoms with Crippen LogP contribution in [0.4, 0.5) is 10.3 Å². The number of imidazole rings is 1. The van der Waals surface area contributed by atoms with Crippen LogP contribution in [-0.2, 0) is 0 Å². The maximum Gasteiger partial charge on any atom is 0.223 e. The van der Waals surface area contributed by atoms with E-state index in [1.165, 1.54) is 6.20 Å². The molecule has 8 heteroatoms. The molecule has 25 heavy (non-hydrogen) atoms. The minimum atomic E-state index is -0.471. The third-order valence-corrected chi connectivity index (χ3v) is 5.06. The molecule has 0 bridgehead atoms. The van der Waals surface area contributed by atoms with E-state index in [-0.39, 0.29) is 17.8 Å². The van der Waals surface area contributed by atoms with Crippen LogP contribution >= 0.6 is 15.9 Å². The molecule has 0 aromatic carbocycles. The highest BCUT2D eigenvalue weighted by atomic mass is 79.9. The molecule has 1 fully saturated rings. The van der Waals surface area contributed by atoms with Crippen molar-refractivity contribution < 1.29 is 4.39 Å². The number of nitrogens with two attached hydrogens (primary N) is 1. The standard InChI is InChI=1S/C17H18BrFN6/c18-10-5-6-25-14(9-21-15(25)7-10)16-13(19)8-22-17(24-16)23-12-3-1-11(20)2-4-12/h5-9,11-12H,1-4,20H2,(H,22,23,24). The smallest absolute Gasteiger partial charge is 0.223 e. The summed E-state index contributed by atoms with van der Waals surface area (Å²) < 4.78 is 17.1. The second kappa shape index (κ2) is 6.68. The second-order valence-electron chi connectivity index (χ2n) is 6.36. The van der Waals surface area contributed by atoms with Gasteiger partial charge in [0.1, 0.15) is 11.3 Å². The summed E-state index contributed by atoms with van der Waals surface area (Å²) in [6, 6.07) is 4.30. The van der Waals surface area contributed by atoms with Gasteiger partial charge >= 0.3 is 0 Å². The van der Waals surface area contributed by atoms with Crippen molar-refractivity contribution in [1.29, 1.82) is 0 Å². The van der Waals surface area contributed by atoms with Crippen LogP contribution in [0.1, 0.15) is 25.7 Å². The van der Waals surface area contributed by atoms with Gasteiger partial charge in [-0.3, -0.25) is 4.40 Å². The number of halogens is 2. The Bertz CT molecular complexity index is 903. The average molecular weight is 405 g/mol. The van der Waals surface area contributed by atoms with Crippen molar-refractivity contribution in [2.45, 2.75) is 37.8 Å². The number of pyridine rings is 1. The number of hydrogen-bond acceptors (Lipinski definition) is 5. The second-order valence-corrected chi connectivity index (χ2v) is 7.28. The first kappa shape index (κ1) is 16.4. The van der Waals surface area contributed by atoms with Gasteiger partial charge in [-0.05, 0) is 37.8 Å². The molecule has 0 aliphatic heterocycles. The predicted octanol–water partition coefficient (Wildman–Crippen LogP) is 3.37. The molecular formula is C17H18BrFN6. The van der Waals surface area contributed by atoms with Crippen molar-refractivity contribution in [2.75, 3.05) is 5.32 Å². The Hall–Kier alpha value is -2.06. The number of nitrogens with zero attached hydrogens (tertiary/aromatic N) is 4. The molecule has 0 atom stereocenters. The highest BCUT2D eigenvalue weighted by molar-refractivity contribution is 9.10. The molecule has 6 nitrogen and oxygen atoms in total. The molecule has 3 N–H and O–H groups in total. The number of fused-ring (bicyclic) bond motifs is 1. The summed E-state index contributed by atoms with van der Waals surface area (Å²) in [5.41, 5.74) is 7.49. The van der Waals surface area contributed by atoms with Crippen LogP contribution in [0.3, 0.4) is 0 Å². The highest BCUT2D eigenvalue weighted by Gasteiger charge is 2.20. The number of rotatable bonds is 3. The van der Waals surface area contributed by atoms with Crippen LogP contribution in [0.5, 0.6) is 0 Å². The first-order valence-electron chi connectivity index (χ1n) is 8.28. The Morgan fingerprint density at radius 3 is 2.80 bits per heavy atom. The van der Waals surface area contributed by atoms with Crippen LogP contribution in [-0.4, -0.2) is 31.4 Å². The molecule has 0 unspecified atom stereocenters. The normalized spacial score (nSPS) is 20.8. The topological polar surface area (TPSA) is 81.1 Å². The van der Waals surface area contributed by atoms with Gasteiger partial charge in [0.05, 0.1) is 18.1 Å². The van der Waals surface area contributed by atoms with Crippen LogP contribution in [0.2, 0.25) is 0 Å². The number of aromatic nitrogens is 4. The first-order chi connectivity index (χ1) is 12.1. The Kier molecular flexibility index (Phi) is 4.39. The van der Waals surface area contributed by atoms with E-state index >= 15 is 0 Å². The molecule has 3 aromatic rings. The Labute approximate surface area is 152 Å². The molecule has 1 saturated carbocycles. The van der Waals surface area contributed by atoms with E-state index in [2.05, 4.69) is 36.2 Å². The average Bonchev–Trinajstić information content (AvgIpc) is 3.01. The van der Waals surface area contributed by atoms with E-state index < -0.39 is 5.82 Å². The van der Waals surface area contributed by atoms with Crippen molar-refractivity contribution in [2.24, 2.45) is 5.73 Å². The quantitative estimate of drug-likeness (QED) is 0.699. The highest BCUT2D eigenvalue weighted by Crippen LogP contribution is 2.25. The molecule has 0 spiro atoms. The van der Waals surface area contributed by atoms with Gasteiger partial charge in [-0.25, -0.2) is 19.3 Å². The van der Waals surface area contributed by atoms with Gasteiger partial charge in [0, 0.05) is 22.8 Å². The number of nitrogens with one attached hydrogen (secondary N) is 1. The first-order valence-corrected chi connectivity index (χ1v) is 9.07. The Morgan fingerprint density at radius 1 is 1.20 bits per heavy atom. The van der Waals surface area contributed by atoms with Gasteiger partial charge in [0.15, 0.2) is 5.82 Å². The van der Waals surface area contributed by atoms with Gasteiger partial charge in [-0.2, -0.15) is 0 Å². The molecule has 0 radical (unpaired) electrons. The zero-order valence-electron chi connectivity index (χ0n) is 13.5. The van der Waals surface area contributed by atoms with Gasteiger partial charge in [-0.15, -0.1) is 0 Å². The molecule has 0 amide bonds. The Morgan fingerprint density at radius 2 is 2.00 bits per heavy atom. The van der Waals surface area contributed by atoms with Crippen LogP contribution < -0.4 is 11.1 Å². The zero-order valence-corrected chi connectivity index (χ0v) is 15.1. The van der Waals surface area contributed by atoms with Crippen molar-refractivity contribution in [3.63, 3.8) is 0 Å². The summed E-state index contributed by atoms with van der Waals surface area (Å²) >= 11 is 3.41. The third kappa shape index (κ3) is 3.36. The lowest BCUT2D eigenvalue weighted by Gasteiger charge is -2.26. The minimum Gasteiger partial charge on any atom is -0.351 e. The van der Waals surface area contributed by atoms with E-state index in [1.54, 1.807) is 10.6 Å². The van der Waals surface area contributed by atoms with E-state index in [4.69, 9.17) is 5.73 Å². The van der Waals surface area contributed by atoms with Gasteiger partial charge < -0.3 is 11.1 Å². The predicted molar refractivity (Wildman–Crippen MR) is 97.7 cm³/mol. The molecule has 3 aromatic heterocycles. The molecule has 4 rings (SSSR count). The lowest BCUT2D eigenvalue weighted by molar-refractivity contribution is 0.409. The number of hydrogen-bond donors (Lipinski definition) is 2. The van der Waals surface area contributed by atoms with Gasteiger partial charge in [0.25, 0.3) is 0 Å². The SMILES string of the molecule is NC1CCC(Nc2ncc(F)c(-c3cnc4cc(Br)ccn34)n2)CC1. The zero-order chi connectivity index (χ0) is 17.4. The summed E-state index contributed by atoms with van der Waals surface area (Å²) in [6.45, 7) is 0. The minimum absolute atomic E-state index is 0.236. The van der Waals surface area contributed by atoms with Crippen LogP contribution in [0.25, 0.3) is 17.0 Å². The summed E-state index contributed by atoms with van der Waals surface area (Å²) in [5, 5.41) is 3.31. The van der Waals surface area contributed by atoms with Crippen molar-refractivity contribution in [1.82, 2.24) is 19.4 Å². The van der Waals surface area contributed by atoms with E-state index in [0.717, 1.165) is 35.8 Å². The maximum atomic E-state index is 14.4. The fourth-order valence-corrected chi connectivity index (χ4v) is 3.52. The molecule has 1 aliphatic carbocycles. The van der Waals surface area contributed by atoms with Crippen molar-refractivity contribution in [3.8, 4) is 11.4 Å². The Balaban J connectivity index is 1.65. The fraction of sp³-hybridized carbons (Fsp3) is 0.353. The molecule has 0 saturated heterocycles. The van der Waals surface area contributed by atoms with Gasteiger partial charge in [-0.1, -0.05) is 15.9 Å². The van der Waals surface area contributed by atoms with E-state index in [1.807, 2.05) is 18.3 Å². The maximum absolute atomic E-state index is 14.4. The lowest BCUT2D eigenvalue weighted by atomic mass is 9.92. The monoisotopic (exact) mass is 404 g/mol. The molecule has 1 aliphatic rings. The molecule has 130 valence electrons. The fourth-order valence-electron chi connectivity index (χ4n) is 3.19. The lowest BCUT2D eigenvalue weighted by Crippen LogP contribution is -2.33. The van der Waals surface area contributed by atoms with Crippen molar-refractivity contribution >= 4 is 27.5 Å². The molecule has 3 heterocycles. The number of anilines is 1. The largest absolute Gasteiger partial charge is 0.351 e. The molecular weight excluding hydrogens is 387 g/mol. The van der Waals surface area contributed by atoms with Crippen molar-refractivity contribution in [3.05, 3.63) is 41.0 Å². The summed E-state index contributed by atoms with van der Waals surface area (Å²) in [4.78, 5) is 12.8. The van der Waals surface area contributed by atoms with Crippen LogP contribution in [0, 0.1) is 5.82 Å².